The lowest BCUT2D eigenvalue weighted by Gasteiger charge is -2.20. The van der Waals surface area contributed by atoms with Crippen LogP contribution in [0.15, 0.2) is 24.3 Å². The van der Waals surface area contributed by atoms with E-state index in [1.807, 2.05) is 12.2 Å². The van der Waals surface area contributed by atoms with Gasteiger partial charge in [-0.15, -0.1) is 0 Å². The SMILES string of the molecule is CCCCCCCCCC/C=C\C/C=C\CCC(=O)OC(COC(=O)CCCCCCCCCCCCCCCCC)COP(=O)(O)OCC(O)CO. The molecule has 0 heterocycles. The zero-order valence-corrected chi connectivity index (χ0v) is 34.6. The molecule has 0 bridgehead atoms. The number of hydrogen-bond donors (Lipinski definition) is 3. The second-order valence-corrected chi connectivity index (χ2v) is 15.8. The van der Waals surface area contributed by atoms with Gasteiger partial charge in [0.05, 0.1) is 19.8 Å². The molecule has 3 N–H and O–H groups in total. The maximum absolute atomic E-state index is 12.5. The largest absolute Gasteiger partial charge is 0.472 e. The Balaban J connectivity index is 4.36. The lowest BCUT2D eigenvalue weighted by atomic mass is 10.0. The third kappa shape index (κ3) is 38.5. The van der Waals surface area contributed by atoms with E-state index in [2.05, 4.69) is 30.5 Å². The number of rotatable bonds is 40. The Morgan fingerprint density at radius 1 is 0.566 bits per heavy atom. The summed E-state index contributed by atoms with van der Waals surface area (Å²) in [6.45, 7) is 2.33. The highest BCUT2D eigenvalue weighted by Crippen LogP contribution is 2.43. The number of ether oxygens (including phenoxy) is 2. The van der Waals surface area contributed by atoms with Crippen molar-refractivity contribution in [3.05, 3.63) is 24.3 Å². The summed E-state index contributed by atoms with van der Waals surface area (Å²) in [7, 11) is -4.62. The first-order valence-electron chi connectivity index (χ1n) is 21.3. The zero-order valence-electron chi connectivity index (χ0n) is 33.7. The Morgan fingerprint density at radius 2 is 1.02 bits per heavy atom. The Morgan fingerprint density at radius 3 is 1.53 bits per heavy atom. The van der Waals surface area contributed by atoms with E-state index in [4.69, 9.17) is 19.1 Å². The van der Waals surface area contributed by atoms with Crippen molar-refractivity contribution >= 4 is 19.8 Å². The van der Waals surface area contributed by atoms with Crippen LogP contribution in [0.25, 0.3) is 0 Å². The van der Waals surface area contributed by atoms with Gasteiger partial charge in [0.2, 0.25) is 0 Å². The monoisotopic (exact) mass is 775 g/mol. The number of phosphoric ester groups is 1. The average Bonchev–Trinajstić information content (AvgIpc) is 3.14. The molecule has 0 saturated heterocycles. The predicted octanol–water partition coefficient (Wildman–Crippen LogP) is 11.0. The predicted molar refractivity (Wildman–Crippen MR) is 215 cm³/mol. The minimum Gasteiger partial charge on any atom is -0.462 e. The van der Waals surface area contributed by atoms with Gasteiger partial charge in [-0.05, 0) is 32.1 Å². The smallest absolute Gasteiger partial charge is 0.462 e. The fourth-order valence-electron chi connectivity index (χ4n) is 5.81. The fourth-order valence-corrected chi connectivity index (χ4v) is 6.60. The summed E-state index contributed by atoms with van der Waals surface area (Å²) in [5.41, 5.74) is 0. The van der Waals surface area contributed by atoms with Gasteiger partial charge in [-0.3, -0.25) is 18.6 Å². The summed E-state index contributed by atoms with van der Waals surface area (Å²) in [5, 5.41) is 18.3. The molecule has 0 aromatic heterocycles. The second kappa shape index (κ2) is 38.7. The molecule has 10 nitrogen and oxygen atoms in total. The summed E-state index contributed by atoms with van der Waals surface area (Å²) in [4.78, 5) is 34.9. The van der Waals surface area contributed by atoms with E-state index in [1.54, 1.807) is 0 Å². The van der Waals surface area contributed by atoms with E-state index >= 15 is 0 Å². The van der Waals surface area contributed by atoms with Gasteiger partial charge in [-0.25, -0.2) is 4.57 Å². The Hall–Kier alpha value is -1.55. The third-order valence-corrected chi connectivity index (χ3v) is 10.1. The van der Waals surface area contributed by atoms with Crippen molar-refractivity contribution in [2.24, 2.45) is 0 Å². The molecule has 0 saturated carbocycles. The third-order valence-electron chi connectivity index (χ3n) is 9.12. The lowest BCUT2D eigenvalue weighted by molar-refractivity contribution is -0.161. The normalized spacial score (nSPS) is 14.1. The number of esters is 2. The van der Waals surface area contributed by atoms with Crippen LogP contribution >= 0.6 is 7.82 Å². The average molecular weight is 775 g/mol. The highest BCUT2D eigenvalue weighted by Gasteiger charge is 2.27. The van der Waals surface area contributed by atoms with Crippen molar-refractivity contribution in [2.45, 2.75) is 206 Å². The van der Waals surface area contributed by atoms with Gasteiger partial charge in [0.1, 0.15) is 12.7 Å². The molecular weight excluding hydrogens is 695 g/mol. The summed E-state index contributed by atoms with van der Waals surface area (Å²) < 4.78 is 32.6. The van der Waals surface area contributed by atoms with Crippen molar-refractivity contribution in [3.8, 4) is 0 Å². The van der Waals surface area contributed by atoms with E-state index < -0.39 is 51.8 Å². The van der Waals surface area contributed by atoms with Gasteiger partial charge in [-0.1, -0.05) is 173 Å². The molecule has 312 valence electrons. The van der Waals surface area contributed by atoms with Gasteiger partial charge in [0, 0.05) is 12.8 Å². The number of aliphatic hydroxyl groups excluding tert-OH is 2. The van der Waals surface area contributed by atoms with Crippen molar-refractivity contribution < 1.29 is 47.8 Å². The van der Waals surface area contributed by atoms with Gasteiger partial charge < -0.3 is 24.6 Å². The van der Waals surface area contributed by atoms with Crippen LogP contribution in [0.3, 0.4) is 0 Å². The number of carbonyl (C=O) groups is 2. The number of unbranched alkanes of at least 4 members (excludes halogenated alkanes) is 22. The van der Waals surface area contributed by atoms with Crippen molar-refractivity contribution in [1.29, 1.82) is 0 Å². The molecule has 0 aliphatic rings. The van der Waals surface area contributed by atoms with Crippen LogP contribution in [0, 0.1) is 0 Å². The molecule has 0 aromatic rings. The highest BCUT2D eigenvalue weighted by atomic mass is 31.2. The maximum atomic E-state index is 12.5. The molecule has 11 heteroatoms. The molecule has 0 aromatic carbocycles. The number of hydrogen-bond acceptors (Lipinski definition) is 9. The van der Waals surface area contributed by atoms with Crippen molar-refractivity contribution in [1.82, 2.24) is 0 Å². The minimum absolute atomic E-state index is 0.0814. The molecule has 3 atom stereocenters. The van der Waals surface area contributed by atoms with Gasteiger partial charge in [0.15, 0.2) is 6.10 Å². The molecule has 0 fully saturated rings. The second-order valence-electron chi connectivity index (χ2n) is 14.4. The van der Waals surface area contributed by atoms with Crippen LogP contribution in [0.2, 0.25) is 0 Å². The quantitative estimate of drug-likeness (QED) is 0.0238. The molecular formula is C42H79O10P. The van der Waals surface area contributed by atoms with Crippen molar-refractivity contribution in [3.63, 3.8) is 0 Å². The summed E-state index contributed by atoms with van der Waals surface area (Å²) in [6.07, 6.45) is 37.3. The summed E-state index contributed by atoms with van der Waals surface area (Å²) >= 11 is 0. The zero-order chi connectivity index (χ0) is 39.1. The Kier molecular flexibility index (Phi) is 37.6. The fraction of sp³-hybridized carbons (Fsp3) is 0.857. The molecule has 53 heavy (non-hydrogen) atoms. The molecule has 0 spiro atoms. The summed E-state index contributed by atoms with van der Waals surface area (Å²) in [5.74, 6) is -0.995. The number of carbonyl (C=O) groups excluding carboxylic acids is 2. The first-order chi connectivity index (χ1) is 25.7. The van der Waals surface area contributed by atoms with Crippen LogP contribution in [-0.4, -0.2) is 65.7 Å². The van der Waals surface area contributed by atoms with E-state index in [-0.39, 0.29) is 19.4 Å². The van der Waals surface area contributed by atoms with E-state index in [9.17, 15) is 24.2 Å². The van der Waals surface area contributed by atoms with Crippen LogP contribution in [-0.2, 0) is 32.7 Å². The topological polar surface area (TPSA) is 149 Å². The molecule has 0 aliphatic carbocycles. The van der Waals surface area contributed by atoms with Crippen LogP contribution in [0.4, 0.5) is 0 Å². The molecule has 0 rings (SSSR count). The first-order valence-corrected chi connectivity index (χ1v) is 22.8. The van der Waals surface area contributed by atoms with E-state index in [0.29, 0.717) is 12.8 Å². The summed E-state index contributed by atoms with van der Waals surface area (Å²) in [6, 6.07) is 0. The Labute approximate surface area is 323 Å². The van der Waals surface area contributed by atoms with Gasteiger partial charge in [0.25, 0.3) is 0 Å². The number of phosphoric acid groups is 1. The van der Waals surface area contributed by atoms with Gasteiger partial charge in [-0.2, -0.15) is 0 Å². The number of allylic oxidation sites excluding steroid dienone is 4. The minimum atomic E-state index is -4.62. The van der Waals surface area contributed by atoms with E-state index in [0.717, 1.165) is 32.1 Å². The van der Waals surface area contributed by atoms with Crippen LogP contribution in [0.5, 0.6) is 0 Å². The van der Waals surface area contributed by atoms with Gasteiger partial charge >= 0.3 is 19.8 Å². The van der Waals surface area contributed by atoms with Crippen molar-refractivity contribution in [2.75, 3.05) is 26.4 Å². The molecule has 0 radical (unpaired) electrons. The molecule has 0 amide bonds. The van der Waals surface area contributed by atoms with E-state index in [1.165, 1.54) is 122 Å². The number of aliphatic hydroxyl groups is 2. The van der Waals surface area contributed by atoms with Crippen LogP contribution < -0.4 is 0 Å². The highest BCUT2D eigenvalue weighted by molar-refractivity contribution is 7.47. The Bertz CT molecular complexity index is 941. The molecule has 3 unspecified atom stereocenters. The lowest BCUT2D eigenvalue weighted by Crippen LogP contribution is -2.29. The molecule has 0 aliphatic heterocycles. The van der Waals surface area contributed by atoms with Crippen LogP contribution in [0.1, 0.15) is 194 Å². The maximum Gasteiger partial charge on any atom is 0.472 e. The standard InChI is InChI=1S/C42H79O10P/c1-3-5-7-9-11-13-15-17-19-21-23-25-27-29-31-33-41(45)49-37-40(38-51-53(47,48)50-36-39(44)35-43)52-42(46)34-32-30-28-26-24-22-20-18-16-14-12-10-8-6-4-2/h22,24,28,30,39-40,43-44H,3-21,23,25-27,29,31-38H2,1-2H3,(H,47,48)/b24-22-,30-28-. The first kappa shape index (κ1) is 51.5.